The predicted molar refractivity (Wildman–Crippen MR) is 114 cm³/mol. The number of hydrogen-bond donors (Lipinski definition) is 0. The van der Waals surface area contributed by atoms with E-state index in [0.717, 1.165) is 11.3 Å². The number of anilines is 1. The van der Waals surface area contributed by atoms with Crippen LogP contribution in [0, 0.1) is 13.8 Å². The van der Waals surface area contributed by atoms with E-state index in [4.69, 9.17) is 9.26 Å². The summed E-state index contributed by atoms with van der Waals surface area (Å²) in [6.45, 7) is 3.71. The van der Waals surface area contributed by atoms with Crippen molar-refractivity contribution in [3.05, 3.63) is 59.8 Å². The fourth-order valence-corrected chi connectivity index (χ4v) is 4.48. The van der Waals surface area contributed by atoms with Crippen LogP contribution in [0.3, 0.4) is 0 Å². The summed E-state index contributed by atoms with van der Waals surface area (Å²) in [5.41, 5.74) is 3.00. The molecule has 158 valence electrons. The third-order valence-corrected chi connectivity index (χ3v) is 6.49. The average Bonchev–Trinajstić information content (AvgIpc) is 3.17. The number of carbonyl (C=O) groups excluding carboxylic acids is 1. The molecule has 7 nitrogen and oxygen atoms in total. The molecule has 0 N–H and O–H groups in total. The van der Waals surface area contributed by atoms with Crippen molar-refractivity contribution >= 4 is 21.4 Å². The number of aromatic nitrogens is 1. The van der Waals surface area contributed by atoms with E-state index < -0.39 is 9.84 Å². The fraction of sp³-hybridized carbons (Fsp3) is 0.273. The van der Waals surface area contributed by atoms with Crippen LogP contribution >= 0.6 is 0 Å². The second-order valence-corrected chi connectivity index (χ2v) is 9.14. The van der Waals surface area contributed by atoms with Crippen molar-refractivity contribution in [3.8, 4) is 17.1 Å². The van der Waals surface area contributed by atoms with Gasteiger partial charge in [-0.15, -0.1) is 0 Å². The second kappa shape index (κ2) is 8.71. The number of nitrogens with zero attached hydrogens (tertiary/aromatic N) is 2. The number of hydrogen-bond acceptors (Lipinski definition) is 6. The van der Waals surface area contributed by atoms with Crippen LogP contribution in [0.15, 0.2) is 57.9 Å². The predicted octanol–water partition coefficient (Wildman–Crippen LogP) is 3.79. The van der Waals surface area contributed by atoms with Crippen LogP contribution in [0.4, 0.5) is 5.69 Å². The highest BCUT2D eigenvalue weighted by Crippen LogP contribution is 2.31. The van der Waals surface area contributed by atoms with E-state index in [2.05, 4.69) is 5.16 Å². The van der Waals surface area contributed by atoms with Crippen LogP contribution in [-0.4, -0.2) is 39.4 Å². The van der Waals surface area contributed by atoms with Gasteiger partial charge >= 0.3 is 0 Å². The summed E-state index contributed by atoms with van der Waals surface area (Å²) < 4.78 is 36.5. The largest absolute Gasteiger partial charge is 0.495 e. The maximum Gasteiger partial charge on any atom is 0.227 e. The Labute approximate surface area is 176 Å². The minimum atomic E-state index is -3.78. The third kappa shape index (κ3) is 4.71. The Balaban J connectivity index is 1.81. The highest BCUT2D eigenvalue weighted by Gasteiger charge is 2.24. The van der Waals surface area contributed by atoms with Gasteiger partial charge in [0.05, 0.1) is 18.6 Å². The zero-order valence-corrected chi connectivity index (χ0v) is 18.2. The molecule has 8 heteroatoms. The highest BCUT2D eigenvalue weighted by molar-refractivity contribution is 7.91. The molecule has 0 spiro atoms. The van der Waals surface area contributed by atoms with Crippen LogP contribution in [0.5, 0.6) is 5.75 Å². The van der Waals surface area contributed by atoms with Crippen molar-refractivity contribution in [1.82, 2.24) is 5.16 Å². The number of benzene rings is 2. The molecule has 3 rings (SSSR count). The molecular weight excluding hydrogens is 404 g/mol. The van der Waals surface area contributed by atoms with E-state index in [0.29, 0.717) is 17.0 Å². The van der Waals surface area contributed by atoms with Crippen LogP contribution in [0.25, 0.3) is 11.3 Å². The molecule has 30 heavy (non-hydrogen) atoms. The molecule has 0 unspecified atom stereocenters. The van der Waals surface area contributed by atoms with Gasteiger partial charge in [0, 0.05) is 30.8 Å². The SMILES string of the molecule is COc1ccc(-c2cc(C)no2)cc1S(=O)(=O)CCC(=O)N(C)c1cccc(C)c1. The normalized spacial score (nSPS) is 11.3. The van der Waals surface area contributed by atoms with Gasteiger partial charge in [0.15, 0.2) is 15.6 Å². The number of sulfone groups is 1. The van der Waals surface area contributed by atoms with Gasteiger partial charge in [-0.2, -0.15) is 0 Å². The molecule has 1 aromatic heterocycles. The van der Waals surface area contributed by atoms with E-state index in [1.165, 1.54) is 18.1 Å². The van der Waals surface area contributed by atoms with Crippen molar-refractivity contribution in [1.29, 1.82) is 0 Å². The minimum absolute atomic E-state index is 0.0163. The Kier molecular flexibility index (Phi) is 6.26. The monoisotopic (exact) mass is 428 g/mol. The van der Waals surface area contributed by atoms with Crippen LogP contribution < -0.4 is 9.64 Å². The minimum Gasteiger partial charge on any atom is -0.495 e. The first-order valence-corrected chi connectivity index (χ1v) is 11.0. The Morgan fingerprint density at radius 1 is 1.13 bits per heavy atom. The van der Waals surface area contributed by atoms with Crippen molar-refractivity contribution in [2.24, 2.45) is 0 Å². The zero-order chi connectivity index (χ0) is 21.9. The lowest BCUT2D eigenvalue weighted by Crippen LogP contribution is -2.28. The number of ether oxygens (including phenoxy) is 1. The molecule has 0 bridgehead atoms. The van der Waals surface area contributed by atoms with Crippen molar-refractivity contribution in [3.63, 3.8) is 0 Å². The molecule has 0 aliphatic heterocycles. The molecule has 0 saturated heterocycles. The van der Waals surface area contributed by atoms with Gasteiger partial charge in [-0.25, -0.2) is 8.42 Å². The first kappa shape index (κ1) is 21.6. The van der Waals surface area contributed by atoms with Crippen molar-refractivity contribution < 1.29 is 22.5 Å². The highest BCUT2D eigenvalue weighted by atomic mass is 32.2. The van der Waals surface area contributed by atoms with Gasteiger partial charge < -0.3 is 14.2 Å². The lowest BCUT2D eigenvalue weighted by molar-refractivity contribution is -0.117. The Hall–Kier alpha value is -3.13. The van der Waals surface area contributed by atoms with Crippen LogP contribution in [-0.2, 0) is 14.6 Å². The first-order valence-electron chi connectivity index (χ1n) is 9.39. The summed E-state index contributed by atoms with van der Waals surface area (Å²) in [5, 5.41) is 3.84. The third-order valence-electron chi connectivity index (χ3n) is 4.76. The zero-order valence-electron chi connectivity index (χ0n) is 17.4. The summed E-state index contributed by atoms with van der Waals surface area (Å²) >= 11 is 0. The summed E-state index contributed by atoms with van der Waals surface area (Å²) in [7, 11) is -0.738. The molecule has 2 aromatic carbocycles. The van der Waals surface area contributed by atoms with E-state index in [-0.39, 0.29) is 28.7 Å². The van der Waals surface area contributed by atoms with Gasteiger partial charge in [0.2, 0.25) is 5.91 Å². The number of aryl methyl sites for hydroxylation is 2. The number of rotatable bonds is 7. The number of carbonyl (C=O) groups is 1. The maximum absolute atomic E-state index is 13.0. The van der Waals surface area contributed by atoms with Gasteiger partial charge in [-0.1, -0.05) is 17.3 Å². The molecule has 0 aliphatic rings. The van der Waals surface area contributed by atoms with Crippen molar-refractivity contribution in [2.45, 2.75) is 25.2 Å². The number of methoxy groups -OCH3 is 1. The lowest BCUT2D eigenvalue weighted by atomic mass is 10.1. The molecular formula is C22H24N2O5S. The van der Waals surface area contributed by atoms with Gasteiger partial charge in [0.1, 0.15) is 10.6 Å². The molecule has 0 atom stereocenters. The topological polar surface area (TPSA) is 89.7 Å². The molecule has 0 saturated carbocycles. The molecule has 0 aliphatic carbocycles. The summed E-state index contributed by atoms with van der Waals surface area (Å²) in [6.07, 6.45) is -0.151. The van der Waals surface area contributed by atoms with Gasteiger partial charge in [-0.05, 0) is 49.7 Å². The van der Waals surface area contributed by atoms with E-state index in [1.54, 1.807) is 32.2 Å². The van der Waals surface area contributed by atoms with Crippen LogP contribution in [0.1, 0.15) is 17.7 Å². The first-order chi connectivity index (χ1) is 14.2. The maximum atomic E-state index is 13.0. The van der Waals surface area contributed by atoms with E-state index in [9.17, 15) is 13.2 Å². The molecule has 0 radical (unpaired) electrons. The summed E-state index contributed by atoms with van der Waals surface area (Å²) in [6, 6.07) is 14.0. The fourth-order valence-electron chi connectivity index (χ4n) is 3.05. The Bertz CT molecular complexity index is 1170. The summed E-state index contributed by atoms with van der Waals surface area (Å²) in [5.74, 6) is 0.0542. The smallest absolute Gasteiger partial charge is 0.227 e. The number of amides is 1. The van der Waals surface area contributed by atoms with E-state index >= 15 is 0 Å². The van der Waals surface area contributed by atoms with E-state index in [1.807, 2.05) is 31.2 Å². The Morgan fingerprint density at radius 3 is 2.53 bits per heavy atom. The molecule has 1 heterocycles. The molecule has 1 amide bonds. The standard InChI is InChI=1S/C22H24N2O5S/c1-15-6-5-7-18(12-15)24(3)22(25)10-11-30(26,27)21-14-17(8-9-19(21)28-4)20-13-16(2)23-29-20/h5-9,12-14H,10-11H2,1-4H3. The molecule has 0 fully saturated rings. The van der Waals surface area contributed by atoms with Gasteiger partial charge in [0.25, 0.3) is 0 Å². The van der Waals surface area contributed by atoms with Crippen LogP contribution in [0.2, 0.25) is 0 Å². The summed E-state index contributed by atoms with van der Waals surface area (Å²) in [4.78, 5) is 14.1. The Morgan fingerprint density at radius 2 is 1.90 bits per heavy atom. The lowest BCUT2D eigenvalue weighted by Gasteiger charge is -2.18. The average molecular weight is 429 g/mol. The molecule has 3 aromatic rings. The van der Waals surface area contributed by atoms with Crippen molar-refractivity contribution in [2.75, 3.05) is 24.8 Å². The van der Waals surface area contributed by atoms with Gasteiger partial charge in [-0.3, -0.25) is 4.79 Å². The quantitative estimate of drug-likeness (QED) is 0.569. The second-order valence-electron chi connectivity index (χ2n) is 7.06.